The Balaban J connectivity index is 1.78. The van der Waals surface area contributed by atoms with Gasteiger partial charge < -0.3 is 9.30 Å². The first kappa shape index (κ1) is 13.5. The van der Waals surface area contributed by atoms with E-state index in [-0.39, 0.29) is 12.1 Å². The molecule has 2 aliphatic rings. The molecule has 1 unspecified atom stereocenters. The molecule has 1 saturated heterocycles. The number of nitrogens with zero attached hydrogens (tertiary/aromatic N) is 3. The van der Waals surface area contributed by atoms with Crippen LogP contribution in [0.15, 0.2) is 12.5 Å². The zero-order valence-corrected chi connectivity index (χ0v) is 12.5. The van der Waals surface area contributed by atoms with Gasteiger partial charge in [-0.05, 0) is 46.5 Å². The summed E-state index contributed by atoms with van der Waals surface area (Å²) in [5.41, 5.74) is 0.719. The number of likely N-dealkylation sites (tertiary alicyclic amines) is 1. The lowest BCUT2D eigenvalue weighted by atomic mass is 10.1. The molecule has 1 aromatic rings. The summed E-state index contributed by atoms with van der Waals surface area (Å²) in [5.74, 6) is 0. The number of carbonyl (C=O) groups excluding carboxylic acids is 1. The molecule has 20 heavy (non-hydrogen) atoms. The largest absolute Gasteiger partial charge is 0.444 e. The maximum atomic E-state index is 12.3. The Kier molecular flexibility index (Phi) is 3.22. The fourth-order valence-electron chi connectivity index (χ4n) is 2.84. The van der Waals surface area contributed by atoms with Crippen molar-refractivity contribution in [2.45, 2.75) is 64.1 Å². The van der Waals surface area contributed by atoms with Crippen molar-refractivity contribution >= 4 is 6.09 Å². The van der Waals surface area contributed by atoms with Gasteiger partial charge in [0.15, 0.2) is 0 Å². The van der Waals surface area contributed by atoms with E-state index >= 15 is 0 Å². The lowest BCUT2D eigenvalue weighted by molar-refractivity contribution is 0.0219. The summed E-state index contributed by atoms with van der Waals surface area (Å²) >= 11 is 0. The van der Waals surface area contributed by atoms with Gasteiger partial charge in [0.05, 0.1) is 24.3 Å². The monoisotopic (exact) mass is 277 g/mol. The van der Waals surface area contributed by atoms with Crippen LogP contribution in [0.2, 0.25) is 0 Å². The zero-order chi connectivity index (χ0) is 14.3. The Morgan fingerprint density at radius 2 is 2.10 bits per heavy atom. The molecular weight excluding hydrogens is 254 g/mol. The van der Waals surface area contributed by atoms with Crippen LogP contribution in [0.5, 0.6) is 0 Å². The number of hydrogen-bond acceptors (Lipinski definition) is 3. The summed E-state index contributed by atoms with van der Waals surface area (Å²) in [5, 5.41) is 0. The van der Waals surface area contributed by atoms with Crippen LogP contribution in [0, 0.1) is 0 Å². The Morgan fingerprint density at radius 3 is 2.75 bits per heavy atom. The molecule has 5 nitrogen and oxygen atoms in total. The average Bonchev–Trinajstić information content (AvgIpc) is 2.90. The maximum absolute atomic E-state index is 12.3. The predicted molar refractivity (Wildman–Crippen MR) is 75.4 cm³/mol. The summed E-state index contributed by atoms with van der Waals surface area (Å²) in [4.78, 5) is 18.5. The first-order valence-electron chi connectivity index (χ1n) is 7.47. The third-order valence-electron chi connectivity index (χ3n) is 3.86. The highest BCUT2D eigenvalue weighted by Gasteiger charge is 2.36. The molecule has 0 radical (unpaired) electrons. The number of hydrogen-bond donors (Lipinski definition) is 0. The number of amides is 1. The van der Waals surface area contributed by atoms with Gasteiger partial charge in [0, 0.05) is 12.6 Å². The van der Waals surface area contributed by atoms with E-state index in [1.165, 1.54) is 12.8 Å². The molecule has 2 fully saturated rings. The van der Waals surface area contributed by atoms with Crippen molar-refractivity contribution in [1.82, 2.24) is 14.5 Å². The molecule has 2 heterocycles. The second-order valence-electron chi connectivity index (χ2n) is 6.79. The van der Waals surface area contributed by atoms with Crippen molar-refractivity contribution in [1.29, 1.82) is 0 Å². The molecule has 1 saturated carbocycles. The fraction of sp³-hybridized carbons (Fsp3) is 0.733. The Hall–Kier alpha value is -1.52. The molecule has 1 aliphatic carbocycles. The number of carbonyl (C=O) groups is 1. The maximum Gasteiger partial charge on any atom is 0.410 e. The SMILES string of the molecule is CC(C)(C)OC(=O)N1CCCC1c1cncn1C1CC1. The quantitative estimate of drug-likeness (QED) is 0.833. The normalized spacial score (nSPS) is 23.1. The Labute approximate surface area is 119 Å². The summed E-state index contributed by atoms with van der Waals surface area (Å²) in [6.45, 7) is 6.49. The van der Waals surface area contributed by atoms with Gasteiger partial charge in [-0.1, -0.05) is 0 Å². The minimum atomic E-state index is -0.443. The molecule has 5 heteroatoms. The number of imidazole rings is 1. The molecule has 0 aromatic carbocycles. The summed E-state index contributed by atoms with van der Waals surface area (Å²) < 4.78 is 7.77. The van der Waals surface area contributed by atoms with Crippen LogP contribution in [0.3, 0.4) is 0 Å². The Morgan fingerprint density at radius 1 is 1.35 bits per heavy atom. The van der Waals surface area contributed by atoms with Gasteiger partial charge in [-0.3, -0.25) is 4.90 Å². The lowest BCUT2D eigenvalue weighted by Crippen LogP contribution is -2.36. The van der Waals surface area contributed by atoms with Gasteiger partial charge in [-0.2, -0.15) is 0 Å². The van der Waals surface area contributed by atoms with Crippen molar-refractivity contribution in [3.05, 3.63) is 18.2 Å². The number of ether oxygens (including phenoxy) is 1. The van der Waals surface area contributed by atoms with Gasteiger partial charge in [-0.15, -0.1) is 0 Å². The highest BCUT2D eigenvalue weighted by atomic mass is 16.6. The van der Waals surface area contributed by atoms with E-state index in [1.54, 1.807) is 0 Å². The van der Waals surface area contributed by atoms with Crippen LogP contribution in [-0.2, 0) is 4.74 Å². The second kappa shape index (κ2) is 4.79. The standard InChI is InChI=1S/C15H23N3O2/c1-15(2,3)20-14(19)17-8-4-5-12(17)13-9-16-10-18(13)11-6-7-11/h9-12H,4-8H2,1-3H3. The predicted octanol–water partition coefficient (Wildman–Crippen LogP) is 3.29. The highest BCUT2D eigenvalue weighted by molar-refractivity contribution is 5.69. The molecule has 0 N–H and O–H groups in total. The summed E-state index contributed by atoms with van der Waals surface area (Å²) in [6.07, 6.45) is 8.08. The molecular formula is C15H23N3O2. The van der Waals surface area contributed by atoms with Crippen molar-refractivity contribution in [3.8, 4) is 0 Å². The first-order valence-corrected chi connectivity index (χ1v) is 7.47. The molecule has 1 aliphatic heterocycles. The smallest absolute Gasteiger partial charge is 0.410 e. The first-order chi connectivity index (χ1) is 9.46. The second-order valence-corrected chi connectivity index (χ2v) is 6.79. The van der Waals surface area contributed by atoms with Crippen LogP contribution in [-0.4, -0.2) is 32.7 Å². The van der Waals surface area contributed by atoms with E-state index in [1.807, 2.05) is 38.2 Å². The van der Waals surface area contributed by atoms with Crippen molar-refractivity contribution in [2.75, 3.05) is 6.54 Å². The fourth-order valence-corrected chi connectivity index (χ4v) is 2.84. The van der Waals surface area contributed by atoms with Crippen LogP contribution in [0.25, 0.3) is 0 Å². The Bertz CT molecular complexity index is 499. The molecule has 1 aromatic heterocycles. The van der Waals surface area contributed by atoms with E-state index in [0.717, 1.165) is 25.1 Å². The van der Waals surface area contributed by atoms with Crippen LogP contribution < -0.4 is 0 Å². The third-order valence-corrected chi connectivity index (χ3v) is 3.86. The molecule has 0 spiro atoms. The van der Waals surface area contributed by atoms with E-state index in [0.29, 0.717) is 6.04 Å². The van der Waals surface area contributed by atoms with Crippen molar-refractivity contribution < 1.29 is 9.53 Å². The van der Waals surface area contributed by atoms with Gasteiger partial charge in [-0.25, -0.2) is 9.78 Å². The average molecular weight is 277 g/mol. The summed E-state index contributed by atoms with van der Waals surface area (Å²) in [6, 6.07) is 0.710. The molecule has 110 valence electrons. The van der Waals surface area contributed by atoms with Crippen molar-refractivity contribution in [3.63, 3.8) is 0 Å². The van der Waals surface area contributed by atoms with E-state index in [9.17, 15) is 4.79 Å². The van der Waals surface area contributed by atoms with Gasteiger partial charge in [0.25, 0.3) is 0 Å². The molecule has 1 atom stereocenters. The zero-order valence-electron chi connectivity index (χ0n) is 12.5. The van der Waals surface area contributed by atoms with E-state index in [2.05, 4.69) is 9.55 Å². The number of aromatic nitrogens is 2. The lowest BCUT2D eigenvalue weighted by Gasteiger charge is -2.29. The van der Waals surface area contributed by atoms with Gasteiger partial charge >= 0.3 is 6.09 Å². The van der Waals surface area contributed by atoms with Gasteiger partial charge in [0.1, 0.15) is 5.60 Å². The van der Waals surface area contributed by atoms with Crippen LogP contribution >= 0.6 is 0 Å². The van der Waals surface area contributed by atoms with Crippen molar-refractivity contribution in [2.24, 2.45) is 0 Å². The number of rotatable bonds is 2. The minimum Gasteiger partial charge on any atom is -0.444 e. The summed E-state index contributed by atoms with van der Waals surface area (Å²) in [7, 11) is 0. The molecule has 3 rings (SSSR count). The molecule has 0 bridgehead atoms. The van der Waals surface area contributed by atoms with E-state index < -0.39 is 5.60 Å². The van der Waals surface area contributed by atoms with Crippen LogP contribution in [0.4, 0.5) is 4.79 Å². The third kappa shape index (κ3) is 2.67. The topological polar surface area (TPSA) is 47.4 Å². The highest BCUT2D eigenvalue weighted by Crippen LogP contribution is 2.40. The minimum absolute atomic E-state index is 0.118. The molecule has 1 amide bonds. The van der Waals surface area contributed by atoms with E-state index in [4.69, 9.17) is 4.74 Å². The van der Waals surface area contributed by atoms with Gasteiger partial charge in [0.2, 0.25) is 0 Å². The van der Waals surface area contributed by atoms with Crippen LogP contribution in [0.1, 0.15) is 64.2 Å².